The van der Waals surface area contributed by atoms with Gasteiger partial charge in [0.05, 0.1) is 11.5 Å². The largest absolute Gasteiger partial charge is 0.339 e. The molecule has 2 heterocycles. The van der Waals surface area contributed by atoms with Crippen LogP contribution in [0.4, 0.5) is 13.2 Å². The first-order valence-corrected chi connectivity index (χ1v) is 6.34. The van der Waals surface area contributed by atoms with E-state index in [1.165, 1.54) is 0 Å². The summed E-state index contributed by atoms with van der Waals surface area (Å²) in [6.45, 7) is 1.62. The summed E-state index contributed by atoms with van der Waals surface area (Å²) < 4.78 is 45.2. The first kappa shape index (κ1) is 15.8. The molecule has 0 radical (unpaired) electrons. The molecule has 1 saturated heterocycles. The molecule has 1 aromatic heterocycles. The third-order valence-electron chi connectivity index (χ3n) is 3.32. The van der Waals surface area contributed by atoms with Crippen molar-refractivity contribution >= 4 is 12.4 Å². The minimum atomic E-state index is -1.04. The van der Waals surface area contributed by atoms with Crippen molar-refractivity contribution in [3.63, 3.8) is 0 Å². The Morgan fingerprint density at radius 1 is 1.19 bits per heavy atom. The fourth-order valence-corrected chi connectivity index (χ4v) is 2.32. The Balaban J connectivity index is 0.00000161. The number of hydrogen-bond acceptors (Lipinski definition) is 4. The van der Waals surface area contributed by atoms with E-state index in [1.54, 1.807) is 0 Å². The van der Waals surface area contributed by atoms with Crippen LogP contribution in [0.3, 0.4) is 0 Å². The summed E-state index contributed by atoms with van der Waals surface area (Å²) in [7, 11) is 0. The van der Waals surface area contributed by atoms with Gasteiger partial charge in [0.1, 0.15) is 17.5 Å². The average molecular weight is 320 g/mol. The van der Waals surface area contributed by atoms with E-state index in [0.29, 0.717) is 24.6 Å². The Morgan fingerprint density at radius 2 is 1.90 bits per heavy atom. The number of hydrogen-bond donors (Lipinski definition) is 1. The van der Waals surface area contributed by atoms with Crippen LogP contribution in [0.15, 0.2) is 16.7 Å². The Labute approximate surface area is 125 Å². The molecule has 0 bridgehead atoms. The number of nitrogens with one attached hydrogen (secondary N) is 1. The van der Waals surface area contributed by atoms with Gasteiger partial charge < -0.3 is 9.84 Å². The van der Waals surface area contributed by atoms with Gasteiger partial charge >= 0.3 is 0 Å². The monoisotopic (exact) mass is 319 g/mol. The Hall–Kier alpha value is -1.60. The average Bonchev–Trinajstić information content (AvgIpc) is 2.88. The molecule has 4 nitrogen and oxygen atoms in total. The number of piperidine rings is 1. The van der Waals surface area contributed by atoms with Crippen LogP contribution in [0.25, 0.3) is 11.4 Å². The Kier molecular flexibility index (Phi) is 4.84. The number of nitrogens with zero attached hydrogens (tertiary/aromatic N) is 2. The highest BCUT2D eigenvalue weighted by Gasteiger charge is 2.24. The van der Waals surface area contributed by atoms with Gasteiger partial charge in [0, 0.05) is 18.7 Å². The molecule has 0 aliphatic carbocycles. The van der Waals surface area contributed by atoms with Gasteiger partial charge in [-0.2, -0.15) is 4.98 Å². The zero-order valence-electron chi connectivity index (χ0n) is 10.9. The third-order valence-corrected chi connectivity index (χ3v) is 3.32. The summed E-state index contributed by atoms with van der Waals surface area (Å²) in [6.07, 6.45) is 1.85. The lowest BCUT2D eigenvalue weighted by Crippen LogP contribution is -2.28. The quantitative estimate of drug-likeness (QED) is 0.924. The maximum absolute atomic E-state index is 13.6. The van der Waals surface area contributed by atoms with Gasteiger partial charge in [-0.25, -0.2) is 13.2 Å². The molecule has 21 heavy (non-hydrogen) atoms. The van der Waals surface area contributed by atoms with Gasteiger partial charge in [-0.1, -0.05) is 5.16 Å². The zero-order valence-corrected chi connectivity index (χ0v) is 11.7. The van der Waals surface area contributed by atoms with Crippen molar-refractivity contribution in [2.24, 2.45) is 0 Å². The van der Waals surface area contributed by atoms with Crippen molar-refractivity contribution in [3.05, 3.63) is 35.5 Å². The van der Waals surface area contributed by atoms with Gasteiger partial charge in [-0.3, -0.25) is 0 Å². The van der Waals surface area contributed by atoms with Crippen LogP contribution < -0.4 is 5.32 Å². The second-order valence-corrected chi connectivity index (χ2v) is 4.74. The molecule has 8 heteroatoms. The van der Waals surface area contributed by atoms with Crippen molar-refractivity contribution in [3.8, 4) is 11.4 Å². The molecule has 1 aliphatic heterocycles. The summed E-state index contributed by atoms with van der Waals surface area (Å²) in [5.41, 5.74) is -0.467. The molecule has 2 aromatic rings. The summed E-state index contributed by atoms with van der Waals surface area (Å²) in [6, 6.07) is 1.19. The summed E-state index contributed by atoms with van der Waals surface area (Å²) >= 11 is 0. The maximum Gasteiger partial charge on any atom is 0.231 e. The van der Waals surface area contributed by atoms with E-state index in [1.807, 2.05) is 0 Å². The molecule has 1 unspecified atom stereocenters. The lowest BCUT2D eigenvalue weighted by Gasteiger charge is -2.18. The zero-order chi connectivity index (χ0) is 14.1. The van der Waals surface area contributed by atoms with Crippen LogP contribution in [0.2, 0.25) is 0 Å². The SMILES string of the molecule is Cl.Fc1cc(F)c(-c2noc(C3CCCNC3)n2)c(F)c1. The molecule has 1 fully saturated rings. The fourth-order valence-electron chi connectivity index (χ4n) is 2.32. The van der Waals surface area contributed by atoms with E-state index < -0.39 is 23.0 Å². The van der Waals surface area contributed by atoms with Gasteiger partial charge in [0.15, 0.2) is 0 Å². The molecule has 114 valence electrons. The minimum absolute atomic E-state index is 0. The van der Waals surface area contributed by atoms with E-state index >= 15 is 0 Å². The van der Waals surface area contributed by atoms with Crippen LogP contribution in [0.5, 0.6) is 0 Å². The first-order valence-electron chi connectivity index (χ1n) is 6.34. The van der Waals surface area contributed by atoms with Gasteiger partial charge in [-0.15, -0.1) is 12.4 Å². The molecule has 1 aliphatic rings. The van der Waals surface area contributed by atoms with Crippen LogP contribution in [-0.2, 0) is 0 Å². The minimum Gasteiger partial charge on any atom is -0.339 e. The van der Waals surface area contributed by atoms with Crippen molar-refractivity contribution in [1.82, 2.24) is 15.5 Å². The van der Waals surface area contributed by atoms with Gasteiger partial charge in [-0.05, 0) is 19.4 Å². The molecule has 1 N–H and O–H groups in total. The van der Waals surface area contributed by atoms with Crippen molar-refractivity contribution < 1.29 is 17.7 Å². The maximum atomic E-state index is 13.6. The molecular formula is C13H13ClF3N3O. The molecule has 0 saturated carbocycles. The highest BCUT2D eigenvalue weighted by molar-refractivity contribution is 5.85. The van der Waals surface area contributed by atoms with Gasteiger partial charge in [0.25, 0.3) is 0 Å². The number of aromatic nitrogens is 2. The Bertz CT molecular complexity index is 606. The second kappa shape index (κ2) is 6.44. The van der Waals surface area contributed by atoms with E-state index in [9.17, 15) is 13.2 Å². The summed E-state index contributed by atoms with van der Waals surface area (Å²) in [5.74, 6) is -2.88. The molecule has 0 spiro atoms. The lowest BCUT2D eigenvalue weighted by molar-refractivity contribution is 0.322. The Morgan fingerprint density at radius 3 is 2.52 bits per heavy atom. The van der Waals surface area contributed by atoms with E-state index in [-0.39, 0.29) is 24.1 Å². The molecule has 1 atom stereocenters. The fraction of sp³-hybridized carbons (Fsp3) is 0.385. The number of benzene rings is 1. The van der Waals surface area contributed by atoms with Crippen molar-refractivity contribution in [1.29, 1.82) is 0 Å². The van der Waals surface area contributed by atoms with E-state index in [4.69, 9.17) is 4.52 Å². The predicted octanol–water partition coefficient (Wildman–Crippen LogP) is 3.04. The lowest BCUT2D eigenvalue weighted by atomic mass is 10.00. The molecule has 3 rings (SSSR count). The van der Waals surface area contributed by atoms with Crippen LogP contribution in [-0.4, -0.2) is 23.2 Å². The highest BCUT2D eigenvalue weighted by Crippen LogP contribution is 2.28. The molecule has 1 aromatic carbocycles. The first-order chi connectivity index (χ1) is 9.65. The van der Waals surface area contributed by atoms with Crippen molar-refractivity contribution in [2.75, 3.05) is 13.1 Å². The molecule has 0 amide bonds. The van der Waals surface area contributed by atoms with Crippen LogP contribution in [0.1, 0.15) is 24.7 Å². The summed E-state index contributed by atoms with van der Waals surface area (Å²) in [4.78, 5) is 4.04. The smallest absolute Gasteiger partial charge is 0.231 e. The highest BCUT2D eigenvalue weighted by atomic mass is 35.5. The molecular weight excluding hydrogens is 307 g/mol. The van der Waals surface area contributed by atoms with Gasteiger partial charge in [0.2, 0.25) is 11.7 Å². The number of rotatable bonds is 2. The summed E-state index contributed by atoms with van der Waals surface area (Å²) in [5, 5.41) is 6.78. The van der Waals surface area contributed by atoms with Crippen LogP contribution >= 0.6 is 12.4 Å². The predicted molar refractivity (Wildman–Crippen MR) is 71.7 cm³/mol. The van der Waals surface area contributed by atoms with Crippen molar-refractivity contribution in [2.45, 2.75) is 18.8 Å². The standard InChI is InChI=1S/C13H12F3N3O.ClH/c14-8-4-9(15)11(10(16)5-8)12-18-13(20-19-12)7-2-1-3-17-6-7;/h4-5,7,17H,1-3,6H2;1H. The third kappa shape index (κ3) is 3.19. The number of halogens is 4. The topological polar surface area (TPSA) is 51.0 Å². The normalized spacial score (nSPS) is 18.3. The van der Waals surface area contributed by atoms with E-state index in [0.717, 1.165) is 19.4 Å². The second-order valence-electron chi connectivity index (χ2n) is 4.74. The van der Waals surface area contributed by atoms with Crippen LogP contribution in [0, 0.1) is 17.5 Å². The van der Waals surface area contributed by atoms with E-state index in [2.05, 4.69) is 15.5 Å².